The molecule has 1 aliphatic rings. The molecule has 2 amide bonds. The number of aromatic amines is 1. The van der Waals surface area contributed by atoms with Crippen molar-refractivity contribution in [1.29, 1.82) is 0 Å². The average molecular weight is 746 g/mol. The van der Waals surface area contributed by atoms with Gasteiger partial charge < -0.3 is 40.2 Å². The number of carbonyl (C=O) groups excluding carboxylic acids is 2. The Kier molecular flexibility index (Phi) is 12.1. The summed E-state index contributed by atoms with van der Waals surface area (Å²) in [6.07, 6.45) is 0.00230. The zero-order chi connectivity index (χ0) is 36.6. The second-order valence-electron chi connectivity index (χ2n) is 12.5. The van der Waals surface area contributed by atoms with Crippen LogP contribution in [0.2, 0.25) is 5.02 Å². The van der Waals surface area contributed by atoms with Crippen molar-refractivity contribution < 1.29 is 29.3 Å². The first-order valence-electron chi connectivity index (χ1n) is 16.9. The number of phenols is 1. The molecular formula is C38H40ClN5O7S. The van der Waals surface area contributed by atoms with Gasteiger partial charge in [-0.05, 0) is 53.6 Å². The molecule has 52 heavy (non-hydrogen) atoms. The van der Waals surface area contributed by atoms with Crippen LogP contribution in [0, 0.1) is 0 Å². The van der Waals surface area contributed by atoms with E-state index in [2.05, 4.69) is 25.8 Å². The molecule has 0 saturated carbocycles. The van der Waals surface area contributed by atoms with Crippen LogP contribution >= 0.6 is 22.9 Å². The number of phenolic OH excluding ortho intramolecular Hbond substituents is 1. The van der Waals surface area contributed by atoms with Gasteiger partial charge in [-0.2, -0.15) is 0 Å². The number of likely N-dealkylation sites (tertiary alicyclic amines) is 1. The summed E-state index contributed by atoms with van der Waals surface area (Å²) in [5, 5.41) is 33.6. The lowest BCUT2D eigenvalue weighted by molar-refractivity contribution is -0.116. The number of aromatic nitrogens is 1. The van der Waals surface area contributed by atoms with E-state index < -0.39 is 12.2 Å². The van der Waals surface area contributed by atoms with Gasteiger partial charge in [-0.25, -0.2) is 4.79 Å². The van der Waals surface area contributed by atoms with Crippen LogP contribution in [0.3, 0.4) is 0 Å². The van der Waals surface area contributed by atoms with Crippen molar-refractivity contribution in [3.05, 3.63) is 105 Å². The minimum absolute atomic E-state index is 0.0793. The molecule has 12 nitrogen and oxygen atoms in total. The smallest absolute Gasteiger partial charge is 0.412 e. The summed E-state index contributed by atoms with van der Waals surface area (Å²) in [6.45, 7) is 2.43. The molecule has 14 heteroatoms. The Hall–Kier alpha value is -4.92. The Labute approximate surface area is 309 Å². The molecule has 3 aromatic carbocycles. The normalized spacial score (nSPS) is 14.2. The number of benzene rings is 3. The molecule has 6 rings (SSSR count). The van der Waals surface area contributed by atoms with Gasteiger partial charge >= 0.3 is 6.09 Å². The number of methoxy groups -OCH3 is 1. The maximum atomic E-state index is 12.9. The highest BCUT2D eigenvalue weighted by Gasteiger charge is 2.24. The Balaban J connectivity index is 0.939. The third-order valence-corrected chi connectivity index (χ3v) is 10.1. The van der Waals surface area contributed by atoms with Gasteiger partial charge in [0.1, 0.15) is 22.6 Å². The van der Waals surface area contributed by atoms with E-state index in [4.69, 9.17) is 21.1 Å². The van der Waals surface area contributed by atoms with E-state index in [0.717, 1.165) is 21.7 Å². The summed E-state index contributed by atoms with van der Waals surface area (Å²) in [6, 6.07) is 21.2. The van der Waals surface area contributed by atoms with Crippen LogP contribution in [0.5, 0.6) is 11.5 Å². The van der Waals surface area contributed by atoms with E-state index in [1.165, 1.54) is 30.6 Å². The minimum Gasteiger partial charge on any atom is -0.506 e. The molecule has 0 spiro atoms. The van der Waals surface area contributed by atoms with Gasteiger partial charge in [0.15, 0.2) is 0 Å². The van der Waals surface area contributed by atoms with Gasteiger partial charge in [-0.3, -0.25) is 14.9 Å². The number of aromatic hydroxyl groups is 1. The van der Waals surface area contributed by atoms with Crippen molar-refractivity contribution in [2.24, 2.45) is 0 Å². The number of hydrogen-bond donors (Lipinski definition) is 6. The predicted molar refractivity (Wildman–Crippen MR) is 203 cm³/mol. The van der Waals surface area contributed by atoms with Crippen molar-refractivity contribution in [2.75, 3.05) is 43.9 Å². The maximum Gasteiger partial charge on any atom is 0.412 e. The second kappa shape index (κ2) is 17.1. The molecule has 3 heterocycles. The molecular weight excluding hydrogens is 706 g/mol. The summed E-state index contributed by atoms with van der Waals surface area (Å²) < 4.78 is 11.3. The van der Waals surface area contributed by atoms with E-state index in [-0.39, 0.29) is 41.8 Å². The fraction of sp³-hybridized carbons (Fsp3) is 0.289. The first kappa shape index (κ1) is 36.9. The van der Waals surface area contributed by atoms with Crippen LogP contribution in [0.1, 0.15) is 36.5 Å². The number of amides is 2. The highest BCUT2D eigenvalue weighted by molar-refractivity contribution is 7.15. The van der Waals surface area contributed by atoms with E-state index in [1.54, 1.807) is 24.3 Å². The number of anilines is 2. The van der Waals surface area contributed by atoms with Gasteiger partial charge in [0.25, 0.3) is 0 Å². The molecule has 0 unspecified atom stereocenters. The number of hydrogen-bond acceptors (Lipinski definition) is 10. The number of piperidine rings is 1. The molecule has 6 N–H and O–H groups in total. The second-order valence-corrected chi connectivity index (χ2v) is 13.8. The lowest BCUT2D eigenvalue weighted by Gasteiger charge is -2.31. The number of thiophene rings is 1. The number of aliphatic hydroxyl groups is 1. The first-order valence-corrected chi connectivity index (χ1v) is 18.2. The summed E-state index contributed by atoms with van der Waals surface area (Å²) in [5.74, 6) is 0.239. The van der Waals surface area contributed by atoms with Gasteiger partial charge in [-0.15, -0.1) is 11.3 Å². The topological polar surface area (TPSA) is 165 Å². The van der Waals surface area contributed by atoms with Crippen LogP contribution in [0.25, 0.3) is 22.0 Å². The number of H-pyrrole nitrogens is 1. The summed E-state index contributed by atoms with van der Waals surface area (Å²) in [4.78, 5) is 42.1. The lowest BCUT2D eigenvalue weighted by Crippen LogP contribution is -2.39. The molecule has 1 atom stereocenters. The van der Waals surface area contributed by atoms with Crippen molar-refractivity contribution in [3.8, 4) is 22.6 Å². The first-order chi connectivity index (χ1) is 25.2. The number of ether oxygens (including phenoxy) is 2. The Bertz CT molecular complexity index is 2080. The lowest BCUT2D eigenvalue weighted by atomic mass is 10.0. The molecule has 5 aromatic rings. The van der Waals surface area contributed by atoms with Crippen LogP contribution in [0.15, 0.2) is 83.0 Å². The van der Waals surface area contributed by atoms with Crippen LogP contribution in [0.4, 0.5) is 15.5 Å². The van der Waals surface area contributed by atoms with Gasteiger partial charge in [0.05, 0.1) is 29.4 Å². The SMILES string of the molecule is COc1cc(NC(=O)CCN2CCC(OC(=O)Nc3sccc3-c3ccccc3)CC2)c(Cl)cc1CNC[C@H](O)c1ccc(O)c2[nH]c(=O)ccc12. The van der Waals surface area contributed by atoms with E-state index >= 15 is 0 Å². The third-order valence-electron chi connectivity index (χ3n) is 8.99. The number of aliphatic hydroxyl groups excluding tert-OH is 1. The fourth-order valence-corrected chi connectivity index (χ4v) is 7.30. The third kappa shape index (κ3) is 9.11. The highest BCUT2D eigenvalue weighted by Crippen LogP contribution is 2.34. The zero-order valence-corrected chi connectivity index (χ0v) is 30.1. The maximum absolute atomic E-state index is 12.9. The molecule has 2 aromatic heterocycles. The summed E-state index contributed by atoms with van der Waals surface area (Å²) >= 11 is 8.02. The summed E-state index contributed by atoms with van der Waals surface area (Å²) in [7, 11) is 1.53. The van der Waals surface area contributed by atoms with Gasteiger partial charge in [-0.1, -0.05) is 48.0 Å². The Morgan fingerprint density at radius 3 is 2.62 bits per heavy atom. The Morgan fingerprint density at radius 2 is 1.85 bits per heavy atom. The van der Waals surface area contributed by atoms with Crippen molar-refractivity contribution in [2.45, 2.75) is 38.0 Å². The summed E-state index contributed by atoms with van der Waals surface area (Å²) in [5.41, 5.74) is 3.60. The molecule has 1 saturated heterocycles. The quantitative estimate of drug-likeness (QED) is 0.0791. The molecule has 1 fully saturated rings. The molecule has 272 valence electrons. The number of pyridine rings is 1. The minimum atomic E-state index is -0.933. The van der Waals surface area contributed by atoms with Crippen molar-refractivity contribution >= 4 is 56.5 Å². The highest BCUT2D eigenvalue weighted by atomic mass is 35.5. The largest absolute Gasteiger partial charge is 0.506 e. The zero-order valence-electron chi connectivity index (χ0n) is 28.5. The van der Waals surface area contributed by atoms with Crippen LogP contribution in [-0.2, 0) is 16.1 Å². The van der Waals surface area contributed by atoms with E-state index in [0.29, 0.717) is 66.4 Å². The van der Waals surface area contributed by atoms with Crippen molar-refractivity contribution in [3.63, 3.8) is 0 Å². The number of nitrogens with zero attached hydrogens (tertiary/aromatic N) is 1. The standard InChI is InChI=1S/C38H40ClN5O7S/c1-50-33-20-30(29(39)19-24(33)21-40-22-32(46)27-7-9-31(45)36-28(27)8-10-34(47)42-36)41-35(48)13-17-44-15-11-25(12-16-44)51-38(49)43-37-26(14-18-52-37)23-5-3-2-4-6-23/h2-10,14,18-20,25,32,40,45-46H,11-13,15-17,21-22H2,1H3,(H,41,48)(H,42,47)(H,43,49)/t32-/m0/s1. The van der Waals surface area contributed by atoms with E-state index in [9.17, 15) is 24.6 Å². The number of carbonyl (C=O) groups is 2. The monoisotopic (exact) mass is 745 g/mol. The average Bonchev–Trinajstić information content (AvgIpc) is 3.60. The molecule has 0 bridgehead atoms. The molecule has 1 aliphatic heterocycles. The van der Waals surface area contributed by atoms with Crippen LogP contribution < -0.4 is 26.2 Å². The number of nitrogens with one attached hydrogen (secondary N) is 4. The Morgan fingerprint density at radius 1 is 1.06 bits per heavy atom. The van der Waals surface area contributed by atoms with Gasteiger partial charge in [0.2, 0.25) is 11.5 Å². The fourth-order valence-electron chi connectivity index (χ4n) is 6.27. The van der Waals surface area contributed by atoms with Crippen LogP contribution in [-0.4, -0.2) is 71.5 Å². The molecule has 0 aliphatic carbocycles. The molecule has 0 radical (unpaired) electrons. The van der Waals surface area contributed by atoms with Crippen molar-refractivity contribution in [1.82, 2.24) is 15.2 Å². The predicted octanol–water partition coefficient (Wildman–Crippen LogP) is 6.49. The number of halogens is 1. The number of rotatable bonds is 13. The van der Waals surface area contributed by atoms with E-state index in [1.807, 2.05) is 41.8 Å². The van der Waals surface area contributed by atoms with Gasteiger partial charge in [0, 0.05) is 67.8 Å². The number of fused-ring (bicyclic) bond motifs is 1.